The van der Waals surface area contributed by atoms with Crippen LogP contribution in [0.3, 0.4) is 0 Å². The molecule has 1 unspecified atom stereocenters. The Hall–Kier alpha value is -2.24. The monoisotopic (exact) mass is 271 g/mol. The Morgan fingerprint density at radius 2 is 2.30 bits per heavy atom. The molecule has 20 heavy (non-hydrogen) atoms. The fourth-order valence-electron chi connectivity index (χ4n) is 2.62. The summed E-state index contributed by atoms with van der Waals surface area (Å²) in [4.78, 5) is 14.5. The molecular formula is C14H17N5O. The molecule has 1 aromatic heterocycles. The molecule has 2 heterocycles. The lowest BCUT2D eigenvalue weighted by Gasteiger charge is -2.31. The second-order valence-electron chi connectivity index (χ2n) is 5.30. The topological polar surface area (TPSA) is 63.9 Å². The number of amides is 1. The first-order valence-corrected chi connectivity index (χ1v) is 6.87. The summed E-state index contributed by atoms with van der Waals surface area (Å²) in [5.74, 6) is 0.668. The summed E-state index contributed by atoms with van der Waals surface area (Å²) in [6.45, 7) is 3.88. The Morgan fingerprint density at radius 1 is 1.40 bits per heavy atom. The molecule has 0 radical (unpaired) electrons. The van der Waals surface area contributed by atoms with Gasteiger partial charge in [0.2, 0.25) is 0 Å². The molecule has 0 bridgehead atoms. The van der Waals surface area contributed by atoms with E-state index in [4.69, 9.17) is 0 Å². The van der Waals surface area contributed by atoms with Gasteiger partial charge in [0.05, 0.1) is 5.69 Å². The predicted molar refractivity (Wildman–Crippen MR) is 73.5 cm³/mol. The van der Waals surface area contributed by atoms with Gasteiger partial charge in [-0.25, -0.2) is 4.68 Å². The van der Waals surface area contributed by atoms with E-state index in [0.717, 1.165) is 25.2 Å². The molecule has 1 atom stereocenters. The normalized spacial score (nSPS) is 19.1. The van der Waals surface area contributed by atoms with E-state index in [9.17, 15) is 4.79 Å². The van der Waals surface area contributed by atoms with Crippen LogP contribution in [0.25, 0.3) is 5.69 Å². The van der Waals surface area contributed by atoms with Crippen molar-refractivity contribution in [2.24, 2.45) is 5.92 Å². The van der Waals surface area contributed by atoms with Crippen molar-refractivity contribution in [1.29, 1.82) is 0 Å². The van der Waals surface area contributed by atoms with Crippen LogP contribution in [0.5, 0.6) is 0 Å². The number of aromatic nitrogens is 4. The molecule has 6 heteroatoms. The van der Waals surface area contributed by atoms with E-state index in [1.54, 1.807) is 4.68 Å². The van der Waals surface area contributed by atoms with Crippen molar-refractivity contribution >= 4 is 5.91 Å². The third kappa shape index (κ3) is 2.54. The lowest BCUT2D eigenvalue weighted by Crippen LogP contribution is -2.39. The molecule has 104 valence electrons. The molecule has 1 aliphatic heterocycles. The van der Waals surface area contributed by atoms with E-state index in [1.165, 1.54) is 12.7 Å². The first kappa shape index (κ1) is 12.8. The number of tetrazole rings is 1. The lowest BCUT2D eigenvalue weighted by molar-refractivity contribution is 0.0683. The average Bonchev–Trinajstić information content (AvgIpc) is 3.01. The molecule has 1 aromatic carbocycles. The highest BCUT2D eigenvalue weighted by atomic mass is 16.2. The summed E-state index contributed by atoms with van der Waals surface area (Å²) in [7, 11) is 0. The summed E-state index contributed by atoms with van der Waals surface area (Å²) in [6, 6.07) is 7.41. The van der Waals surface area contributed by atoms with Crippen LogP contribution in [0, 0.1) is 5.92 Å². The SMILES string of the molecule is CC1CCCN(C(=O)c2cccc(-n3cnnn3)c2)C1. The summed E-state index contributed by atoms with van der Waals surface area (Å²) in [5.41, 5.74) is 1.48. The lowest BCUT2D eigenvalue weighted by atomic mass is 9.99. The Labute approximate surface area is 117 Å². The number of rotatable bonds is 2. The van der Waals surface area contributed by atoms with Crippen molar-refractivity contribution in [2.45, 2.75) is 19.8 Å². The van der Waals surface area contributed by atoms with Gasteiger partial charge >= 0.3 is 0 Å². The maximum absolute atomic E-state index is 12.5. The Balaban J connectivity index is 1.83. The van der Waals surface area contributed by atoms with Crippen LogP contribution >= 0.6 is 0 Å². The van der Waals surface area contributed by atoms with E-state index in [2.05, 4.69) is 22.4 Å². The Bertz CT molecular complexity index is 595. The van der Waals surface area contributed by atoms with Crippen LogP contribution < -0.4 is 0 Å². The van der Waals surface area contributed by atoms with Gasteiger partial charge in [-0.15, -0.1) is 5.10 Å². The Kier molecular flexibility index (Phi) is 3.45. The number of carbonyl (C=O) groups is 1. The van der Waals surface area contributed by atoms with Crippen molar-refractivity contribution < 1.29 is 4.79 Å². The van der Waals surface area contributed by atoms with E-state index in [-0.39, 0.29) is 5.91 Å². The highest BCUT2D eigenvalue weighted by molar-refractivity contribution is 5.94. The second-order valence-corrected chi connectivity index (χ2v) is 5.30. The van der Waals surface area contributed by atoms with Crippen molar-refractivity contribution in [3.05, 3.63) is 36.2 Å². The maximum atomic E-state index is 12.5. The zero-order valence-corrected chi connectivity index (χ0v) is 11.4. The van der Waals surface area contributed by atoms with Crippen LogP contribution in [0.4, 0.5) is 0 Å². The average molecular weight is 271 g/mol. The quantitative estimate of drug-likeness (QED) is 0.831. The van der Waals surface area contributed by atoms with Gasteiger partial charge in [-0.1, -0.05) is 13.0 Å². The van der Waals surface area contributed by atoms with Crippen molar-refractivity contribution in [2.75, 3.05) is 13.1 Å². The summed E-state index contributed by atoms with van der Waals surface area (Å²) >= 11 is 0. The first-order chi connectivity index (χ1) is 9.74. The molecule has 0 N–H and O–H groups in total. The smallest absolute Gasteiger partial charge is 0.253 e. The molecule has 1 amide bonds. The minimum absolute atomic E-state index is 0.0893. The Morgan fingerprint density at radius 3 is 3.05 bits per heavy atom. The standard InChI is InChI=1S/C14H17N5O/c1-11-4-3-7-18(9-11)14(20)12-5-2-6-13(8-12)19-10-15-16-17-19/h2,5-6,8,10-11H,3-4,7,9H2,1H3. The highest BCUT2D eigenvalue weighted by Gasteiger charge is 2.22. The zero-order chi connectivity index (χ0) is 13.9. The highest BCUT2D eigenvalue weighted by Crippen LogP contribution is 2.18. The largest absolute Gasteiger partial charge is 0.338 e. The first-order valence-electron chi connectivity index (χ1n) is 6.87. The molecule has 6 nitrogen and oxygen atoms in total. The molecule has 0 spiro atoms. The third-order valence-electron chi connectivity index (χ3n) is 3.65. The van der Waals surface area contributed by atoms with Gasteiger partial charge in [-0.3, -0.25) is 4.79 Å². The van der Waals surface area contributed by atoms with Crippen LogP contribution in [0.1, 0.15) is 30.1 Å². The second kappa shape index (κ2) is 5.40. The number of likely N-dealkylation sites (tertiary alicyclic amines) is 1. The van der Waals surface area contributed by atoms with Gasteiger partial charge in [0.15, 0.2) is 0 Å². The van der Waals surface area contributed by atoms with Gasteiger partial charge in [0, 0.05) is 18.7 Å². The van der Waals surface area contributed by atoms with Gasteiger partial charge < -0.3 is 4.90 Å². The minimum atomic E-state index is 0.0893. The molecule has 2 aromatic rings. The van der Waals surface area contributed by atoms with E-state index < -0.39 is 0 Å². The number of hydrogen-bond acceptors (Lipinski definition) is 4. The summed E-state index contributed by atoms with van der Waals surface area (Å²) < 4.78 is 1.55. The van der Waals surface area contributed by atoms with Gasteiger partial charge in [-0.2, -0.15) is 0 Å². The van der Waals surface area contributed by atoms with E-state index in [0.29, 0.717) is 11.5 Å². The summed E-state index contributed by atoms with van der Waals surface area (Å²) in [6.07, 6.45) is 3.81. The number of benzene rings is 1. The van der Waals surface area contributed by atoms with Crippen molar-refractivity contribution in [3.63, 3.8) is 0 Å². The van der Waals surface area contributed by atoms with Crippen molar-refractivity contribution in [3.8, 4) is 5.69 Å². The molecule has 1 fully saturated rings. The molecule has 1 saturated heterocycles. The van der Waals surface area contributed by atoms with Crippen molar-refractivity contribution in [1.82, 2.24) is 25.1 Å². The van der Waals surface area contributed by atoms with E-state index in [1.807, 2.05) is 29.2 Å². The number of carbonyl (C=O) groups excluding carboxylic acids is 1. The maximum Gasteiger partial charge on any atom is 0.253 e. The molecule has 1 aliphatic rings. The third-order valence-corrected chi connectivity index (χ3v) is 3.65. The van der Waals surface area contributed by atoms with Crippen LogP contribution in [-0.2, 0) is 0 Å². The number of nitrogens with zero attached hydrogens (tertiary/aromatic N) is 5. The summed E-state index contributed by atoms with van der Waals surface area (Å²) in [5, 5.41) is 11.1. The van der Waals surface area contributed by atoms with Gasteiger partial charge in [-0.05, 0) is 47.4 Å². The number of hydrogen-bond donors (Lipinski definition) is 0. The van der Waals surface area contributed by atoms with Gasteiger partial charge in [0.25, 0.3) is 5.91 Å². The molecule has 0 aliphatic carbocycles. The van der Waals surface area contributed by atoms with Crippen LogP contribution in [-0.4, -0.2) is 44.1 Å². The number of piperidine rings is 1. The fourth-order valence-corrected chi connectivity index (χ4v) is 2.62. The predicted octanol–water partition coefficient (Wildman–Crippen LogP) is 1.53. The van der Waals surface area contributed by atoms with Crippen LogP contribution in [0.2, 0.25) is 0 Å². The fraction of sp³-hybridized carbons (Fsp3) is 0.429. The van der Waals surface area contributed by atoms with Crippen LogP contribution in [0.15, 0.2) is 30.6 Å². The minimum Gasteiger partial charge on any atom is -0.338 e. The van der Waals surface area contributed by atoms with Gasteiger partial charge in [0.1, 0.15) is 6.33 Å². The van der Waals surface area contributed by atoms with E-state index >= 15 is 0 Å². The molecule has 0 saturated carbocycles. The molecular weight excluding hydrogens is 254 g/mol. The molecule has 3 rings (SSSR count). The zero-order valence-electron chi connectivity index (χ0n) is 11.4.